The lowest BCUT2D eigenvalue weighted by molar-refractivity contribution is -0.137. The van der Waals surface area contributed by atoms with E-state index in [9.17, 15) is 18.0 Å². The number of nitrogens with two attached hydrogens (primary N) is 1. The van der Waals surface area contributed by atoms with Crippen LogP contribution in [-0.4, -0.2) is 26.3 Å². The van der Waals surface area contributed by atoms with Crippen LogP contribution < -0.4 is 16.2 Å². The number of fused-ring (bicyclic) bond motifs is 1. The minimum atomic E-state index is -4.44. The quantitative estimate of drug-likeness (QED) is 0.329. The zero-order valence-corrected chi connectivity index (χ0v) is 21.0. The van der Waals surface area contributed by atoms with Gasteiger partial charge in [0.1, 0.15) is 0 Å². The third-order valence-corrected chi connectivity index (χ3v) is 6.93. The summed E-state index contributed by atoms with van der Waals surface area (Å²) in [5.74, 6) is 0.172. The van der Waals surface area contributed by atoms with Crippen LogP contribution in [0.5, 0.6) is 0 Å². The SMILES string of the molecule is Nc1nc2c(c(=O)n1C(c1ccccc1)c1ccccc1)CCN(c1nnc(-c3ccc(C(F)(F)F)cc3)o1)C2. The molecule has 3 heterocycles. The van der Waals surface area contributed by atoms with Gasteiger partial charge in [-0.2, -0.15) is 13.2 Å². The smallest absolute Gasteiger partial charge is 0.403 e. The number of hydrogen-bond donors (Lipinski definition) is 1. The maximum Gasteiger partial charge on any atom is 0.416 e. The lowest BCUT2D eigenvalue weighted by atomic mass is 9.97. The average Bonchev–Trinajstić information content (AvgIpc) is 3.46. The van der Waals surface area contributed by atoms with Crippen molar-refractivity contribution in [1.29, 1.82) is 0 Å². The summed E-state index contributed by atoms with van der Waals surface area (Å²) in [4.78, 5) is 20.2. The van der Waals surface area contributed by atoms with Gasteiger partial charge in [0.15, 0.2) is 0 Å². The molecule has 0 spiro atoms. The fraction of sp³-hybridized carbons (Fsp3) is 0.172. The Hall–Kier alpha value is -4.93. The molecule has 1 aliphatic heterocycles. The van der Waals surface area contributed by atoms with Gasteiger partial charge >= 0.3 is 12.2 Å². The van der Waals surface area contributed by atoms with Crippen LogP contribution in [-0.2, 0) is 19.1 Å². The van der Waals surface area contributed by atoms with E-state index in [-0.39, 0.29) is 30.0 Å². The van der Waals surface area contributed by atoms with E-state index in [2.05, 4.69) is 15.2 Å². The van der Waals surface area contributed by atoms with Crippen LogP contribution in [0.15, 0.2) is 94.1 Å². The molecule has 3 aromatic carbocycles. The summed E-state index contributed by atoms with van der Waals surface area (Å²) in [6.07, 6.45) is -4.06. The molecular formula is C29H23F3N6O2. The van der Waals surface area contributed by atoms with Crippen LogP contribution in [0, 0.1) is 0 Å². The lowest BCUT2D eigenvalue weighted by Crippen LogP contribution is -2.40. The largest absolute Gasteiger partial charge is 0.416 e. The molecule has 0 unspecified atom stereocenters. The Morgan fingerprint density at radius 1 is 0.875 bits per heavy atom. The van der Waals surface area contributed by atoms with E-state index >= 15 is 0 Å². The Labute approximate surface area is 226 Å². The normalized spacial score (nSPS) is 13.4. The molecule has 0 atom stereocenters. The van der Waals surface area contributed by atoms with E-state index in [1.54, 1.807) is 4.90 Å². The van der Waals surface area contributed by atoms with Crippen LogP contribution in [0.3, 0.4) is 0 Å². The van der Waals surface area contributed by atoms with Crippen molar-refractivity contribution in [2.75, 3.05) is 17.2 Å². The van der Waals surface area contributed by atoms with Crippen LogP contribution in [0.2, 0.25) is 0 Å². The number of aromatic nitrogens is 4. The Morgan fingerprint density at radius 3 is 2.10 bits per heavy atom. The molecule has 2 N–H and O–H groups in total. The van der Waals surface area contributed by atoms with Gasteiger partial charge in [0.05, 0.1) is 23.8 Å². The van der Waals surface area contributed by atoms with E-state index in [1.165, 1.54) is 16.7 Å². The highest BCUT2D eigenvalue weighted by Crippen LogP contribution is 2.32. The van der Waals surface area contributed by atoms with Crippen molar-refractivity contribution < 1.29 is 17.6 Å². The fourth-order valence-corrected chi connectivity index (χ4v) is 4.96. The van der Waals surface area contributed by atoms with Crippen LogP contribution >= 0.6 is 0 Å². The molecule has 0 aliphatic carbocycles. The monoisotopic (exact) mass is 544 g/mol. The second-order valence-corrected chi connectivity index (χ2v) is 9.43. The zero-order valence-electron chi connectivity index (χ0n) is 21.0. The molecule has 40 heavy (non-hydrogen) atoms. The molecule has 1 aliphatic rings. The first kappa shape index (κ1) is 25.4. The molecule has 0 radical (unpaired) electrons. The molecule has 0 saturated carbocycles. The second-order valence-electron chi connectivity index (χ2n) is 9.43. The van der Waals surface area contributed by atoms with Gasteiger partial charge in [0, 0.05) is 17.7 Å². The minimum absolute atomic E-state index is 0.0827. The van der Waals surface area contributed by atoms with Gasteiger partial charge in [-0.25, -0.2) is 4.98 Å². The molecule has 8 nitrogen and oxygen atoms in total. The molecular weight excluding hydrogens is 521 g/mol. The van der Waals surface area contributed by atoms with Gasteiger partial charge in [-0.1, -0.05) is 65.8 Å². The Bertz CT molecular complexity index is 1660. The molecule has 0 fully saturated rings. The highest BCUT2D eigenvalue weighted by atomic mass is 19.4. The predicted octanol–water partition coefficient (Wildman–Crippen LogP) is 5.09. The van der Waals surface area contributed by atoms with E-state index in [0.29, 0.717) is 29.8 Å². The Balaban J connectivity index is 1.30. The number of nitrogen functional groups attached to an aromatic ring is 1. The Morgan fingerprint density at radius 2 is 1.50 bits per heavy atom. The molecule has 0 bridgehead atoms. The molecule has 2 aromatic heterocycles. The number of rotatable bonds is 5. The highest BCUT2D eigenvalue weighted by molar-refractivity contribution is 5.54. The van der Waals surface area contributed by atoms with Crippen LogP contribution in [0.4, 0.5) is 25.1 Å². The fourth-order valence-electron chi connectivity index (χ4n) is 4.96. The van der Waals surface area contributed by atoms with Crippen LogP contribution in [0.1, 0.15) is 34.0 Å². The van der Waals surface area contributed by atoms with Crippen molar-refractivity contribution in [3.8, 4) is 11.5 Å². The van der Waals surface area contributed by atoms with Gasteiger partial charge in [0.25, 0.3) is 5.56 Å². The summed E-state index contributed by atoms with van der Waals surface area (Å²) in [6, 6.07) is 23.5. The van der Waals surface area contributed by atoms with Gasteiger partial charge < -0.3 is 15.1 Å². The summed E-state index contributed by atoms with van der Waals surface area (Å²) < 4.78 is 46.0. The van der Waals surface area contributed by atoms with Crippen molar-refractivity contribution in [1.82, 2.24) is 19.7 Å². The number of halogens is 3. The van der Waals surface area contributed by atoms with Gasteiger partial charge in [-0.3, -0.25) is 9.36 Å². The lowest BCUT2D eigenvalue weighted by Gasteiger charge is -2.29. The van der Waals surface area contributed by atoms with Crippen molar-refractivity contribution in [2.24, 2.45) is 0 Å². The van der Waals surface area contributed by atoms with Gasteiger partial charge in [0.2, 0.25) is 11.8 Å². The molecule has 0 saturated heterocycles. The van der Waals surface area contributed by atoms with E-state index < -0.39 is 17.8 Å². The number of nitrogens with zero attached hydrogens (tertiary/aromatic N) is 5. The van der Waals surface area contributed by atoms with E-state index in [1.807, 2.05) is 60.7 Å². The minimum Gasteiger partial charge on any atom is -0.403 e. The van der Waals surface area contributed by atoms with Crippen LogP contribution in [0.25, 0.3) is 11.5 Å². The molecule has 6 rings (SSSR count). The maximum absolute atomic E-state index is 13.8. The van der Waals surface area contributed by atoms with Gasteiger partial charge in [-0.05, 0) is 41.8 Å². The first-order chi connectivity index (χ1) is 19.3. The summed E-state index contributed by atoms with van der Waals surface area (Å²) >= 11 is 0. The van der Waals surface area contributed by atoms with Crippen molar-refractivity contribution in [3.63, 3.8) is 0 Å². The van der Waals surface area contributed by atoms with Gasteiger partial charge in [-0.15, -0.1) is 5.10 Å². The number of anilines is 2. The standard InChI is InChI=1S/C29H23F3N6O2/c30-29(31,32)21-13-11-20(12-14-21)25-35-36-28(40-25)37-16-15-22-23(17-37)34-27(33)38(26(22)39)24(18-7-3-1-4-8-18)19-9-5-2-6-10-19/h1-14,24H,15-17H2,(H2,33,34). The predicted molar refractivity (Wildman–Crippen MR) is 143 cm³/mol. The molecule has 202 valence electrons. The first-order valence-electron chi connectivity index (χ1n) is 12.6. The highest BCUT2D eigenvalue weighted by Gasteiger charge is 2.31. The molecule has 0 amide bonds. The maximum atomic E-state index is 13.8. The van der Waals surface area contributed by atoms with Crippen molar-refractivity contribution in [2.45, 2.75) is 25.2 Å². The summed E-state index contributed by atoms with van der Waals surface area (Å²) in [6.45, 7) is 0.620. The number of benzene rings is 3. The first-order valence-corrected chi connectivity index (χ1v) is 12.6. The summed E-state index contributed by atoms with van der Waals surface area (Å²) in [5, 5.41) is 8.07. The second kappa shape index (κ2) is 9.99. The average molecular weight is 545 g/mol. The van der Waals surface area contributed by atoms with E-state index in [0.717, 1.165) is 23.3 Å². The van der Waals surface area contributed by atoms with E-state index in [4.69, 9.17) is 10.2 Å². The summed E-state index contributed by atoms with van der Waals surface area (Å²) in [5.41, 5.74) is 8.70. The van der Waals surface area contributed by atoms with Crippen molar-refractivity contribution in [3.05, 3.63) is 123 Å². The molecule has 11 heteroatoms. The topological polar surface area (TPSA) is 103 Å². The van der Waals surface area contributed by atoms with Crippen molar-refractivity contribution >= 4 is 12.0 Å². The number of alkyl halides is 3. The third-order valence-electron chi connectivity index (χ3n) is 6.93. The zero-order chi connectivity index (χ0) is 27.9. The number of hydrogen-bond acceptors (Lipinski definition) is 7. The molecule has 5 aromatic rings. The summed E-state index contributed by atoms with van der Waals surface area (Å²) in [7, 11) is 0. The third kappa shape index (κ3) is 4.70. The Kier molecular flexibility index (Phi) is 6.33.